The summed E-state index contributed by atoms with van der Waals surface area (Å²) in [6, 6.07) is 5.14. The molecular formula is C10H9ClN2O2. The highest BCUT2D eigenvalue weighted by Gasteiger charge is 2.11. The van der Waals surface area contributed by atoms with Gasteiger partial charge in [-0.05, 0) is 24.6 Å². The average molecular weight is 225 g/mol. The highest BCUT2D eigenvalue weighted by molar-refractivity contribution is 6.30. The lowest BCUT2D eigenvalue weighted by molar-refractivity contribution is 0.282. The first-order valence-electron chi connectivity index (χ1n) is 4.40. The van der Waals surface area contributed by atoms with Gasteiger partial charge in [-0.1, -0.05) is 22.8 Å². The smallest absolute Gasteiger partial charge is 0.258 e. The fourth-order valence-corrected chi connectivity index (χ4v) is 1.46. The number of aryl methyl sites for hydroxylation is 1. The Morgan fingerprint density at radius 2 is 2.27 bits per heavy atom. The van der Waals surface area contributed by atoms with Crippen LogP contribution in [-0.4, -0.2) is 15.2 Å². The van der Waals surface area contributed by atoms with Crippen molar-refractivity contribution in [2.75, 3.05) is 0 Å². The zero-order valence-corrected chi connectivity index (χ0v) is 8.82. The van der Waals surface area contributed by atoms with E-state index < -0.39 is 0 Å². The molecule has 5 heteroatoms. The second kappa shape index (κ2) is 4.00. The molecule has 0 atom stereocenters. The van der Waals surface area contributed by atoms with Gasteiger partial charge >= 0.3 is 0 Å². The molecule has 1 aromatic carbocycles. The number of aliphatic hydroxyl groups excluding tert-OH is 1. The number of rotatable bonds is 2. The third kappa shape index (κ3) is 2.00. The molecule has 0 aliphatic rings. The highest BCUT2D eigenvalue weighted by atomic mass is 35.5. The van der Waals surface area contributed by atoms with E-state index in [9.17, 15) is 0 Å². The topological polar surface area (TPSA) is 59.2 Å². The van der Waals surface area contributed by atoms with Gasteiger partial charge in [-0.3, -0.25) is 0 Å². The quantitative estimate of drug-likeness (QED) is 0.850. The van der Waals surface area contributed by atoms with Crippen LogP contribution in [0.2, 0.25) is 5.02 Å². The Hall–Kier alpha value is -1.39. The molecule has 2 aromatic rings. The van der Waals surface area contributed by atoms with E-state index in [0.29, 0.717) is 27.9 Å². The lowest BCUT2D eigenvalue weighted by Crippen LogP contribution is -1.89. The number of aliphatic hydroxyl groups is 1. The molecule has 15 heavy (non-hydrogen) atoms. The second-order valence-corrected chi connectivity index (χ2v) is 3.54. The molecule has 1 heterocycles. The van der Waals surface area contributed by atoms with Crippen molar-refractivity contribution < 1.29 is 9.63 Å². The maximum atomic E-state index is 9.14. The van der Waals surface area contributed by atoms with Crippen LogP contribution < -0.4 is 0 Å². The SMILES string of the molecule is Cc1noc(-c2cc(Cl)ccc2CO)n1. The van der Waals surface area contributed by atoms with Crippen LogP contribution in [0.3, 0.4) is 0 Å². The molecule has 78 valence electrons. The standard InChI is InChI=1S/C10H9ClN2O2/c1-6-12-10(15-13-6)9-4-8(11)3-2-7(9)5-14/h2-4,14H,5H2,1H3. The lowest BCUT2D eigenvalue weighted by atomic mass is 10.1. The van der Waals surface area contributed by atoms with Gasteiger partial charge < -0.3 is 9.63 Å². The normalized spacial score (nSPS) is 10.6. The van der Waals surface area contributed by atoms with Gasteiger partial charge in [0, 0.05) is 10.6 Å². The van der Waals surface area contributed by atoms with Gasteiger partial charge in [0.25, 0.3) is 5.89 Å². The summed E-state index contributed by atoms with van der Waals surface area (Å²) in [7, 11) is 0. The molecule has 1 aromatic heterocycles. The molecule has 0 aliphatic heterocycles. The van der Waals surface area contributed by atoms with Crippen molar-refractivity contribution >= 4 is 11.6 Å². The van der Waals surface area contributed by atoms with Crippen LogP contribution in [-0.2, 0) is 6.61 Å². The number of hydrogen-bond acceptors (Lipinski definition) is 4. The Labute approximate surface area is 91.5 Å². The van der Waals surface area contributed by atoms with E-state index in [1.54, 1.807) is 25.1 Å². The molecule has 4 nitrogen and oxygen atoms in total. The molecule has 0 saturated carbocycles. The van der Waals surface area contributed by atoms with Crippen LogP contribution in [0.25, 0.3) is 11.5 Å². The molecular weight excluding hydrogens is 216 g/mol. The molecule has 0 radical (unpaired) electrons. The predicted molar refractivity (Wildman–Crippen MR) is 55.4 cm³/mol. The maximum absolute atomic E-state index is 9.14. The number of nitrogens with zero attached hydrogens (tertiary/aromatic N) is 2. The summed E-state index contributed by atoms with van der Waals surface area (Å²) in [5.74, 6) is 0.924. The molecule has 0 amide bonds. The van der Waals surface area contributed by atoms with Crippen molar-refractivity contribution in [3.63, 3.8) is 0 Å². The molecule has 0 bridgehead atoms. The van der Waals surface area contributed by atoms with Gasteiger partial charge in [-0.2, -0.15) is 4.98 Å². The minimum atomic E-state index is -0.0894. The Kier molecular flexibility index (Phi) is 2.70. The van der Waals surface area contributed by atoms with Gasteiger partial charge in [0.1, 0.15) is 0 Å². The second-order valence-electron chi connectivity index (χ2n) is 3.11. The van der Waals surface area contributed by atoms with Crippen molar-refractivity contribution in [1.29, 1.82) is 0 Å². The van der Waals surface area contributed by atoms with Crippen molar-refractivity contribution in [2.45, 2.75) is 13.5 Å². The Morgan fingerprint density at radius 3 is 2.87 bits per heavy atom. The third-order valence-electron chi connectivity index (χ3n) is 2.00. The van der Waals surface area contributed by atoms with Gasteiger partial charge in [0.05, 0.1) is 6.61 Å². The van der Waals surface area contributed by atoms with E-state index >= 15 is 0 Å². The van der Waals surface area contributed by atoms with Crippen LogP contribution in [0, 0.1) is 6.92 Å². The first-order valence-corrected chi connectivity index (χ1v) is 4.78. The minimum absolute atomic E-state index is 0.0894. The molecule has 0 saturated heterocycles. The highest BCUT2D eigenvalue weighted by Crippen LogP contribution is 2.25. The summed E-state index contributed by atoms with van der Waals surface area (Å²) in [5, 5.41) is 13.4. The molecule has 0 fully saturated rings. The van der Waals surface area contributed by atoms with Crippen molar-refractivity contribution in [3.8, 4) is 11.5 Å². The molecule has 2 rings (SSSR count). The largest absolute Gasteiger partial charge is 0.392 e. The van der Waals surface area contributed by atoms with E-state index in [-0.39, 0.29) is 6.61 Å². The monoisotopic (exact) mass is 224 g/mol. The van der Waals surface area contributed by atoms with Gasteiger partial charge in [0.2, 0.25) is 0 Å². The summed E-state index contributed by atoms with van der Waals surface area (Å²) >= 11 is 5.86. The summed E-state index contributed by atoms with van der Waals surface area (Å²) in [6.45, 7) is 1.64. The van der Waals surface area contributed by atoms with Crippen LogP contribution >= 0.6 is 11.6 Å². The van der Waals surface area contributed by atoms with E-state index in [2.05, 4.69) is 10.1 Å². The van der Waals surface area contributed by atoms with Crippen LogP contribution in [0.5, 0.6) is 0 Å². The van der Waals surface area contributed by atoms with Crippen molar-refractivity contribution in [3.05, 3.63) is 34.6 Å². The molecule has 1 N–H and O–H groups in total. The zero-order valence-electron chi connectivity index (χ0n) is 8.07. The fraction of sp³-hybridized carbons (Fsp3) is 0.200. The van der Waals surface area contributed by atoms with Gasteiger partial charge in [0.15, 0.2) is 5.82 Å². The lowest BCUT2D eigenvalue weighted by Gasteiger charge is -2.02. The van der Waals surface area contributed by atoms with Crippen LogP contribution in [0.15, 0.2) is 22.7 Å². The summed E-state index contributed by atoms with van der Waals surface area (Å²) < 4.78 is 5.02. The minimum Gasteiger partial charge on any atom is -0.392 e. The van der Waals surface area contributed by atoms with Gasteiger partial charge in [-0.25, -0.2) is 0 Å². The fourth-order valence-electron chi connectivity index (χ4n) is 1.29. The Bertz CT molecular complexity index is 482. The number of hydrogen-bond donors (Lipinski definition) is 1. The zero-order chi connectivity index (χ0) is 10.8. The van der Waals surface area contributed by atoms with Crippen molar-refractivity contribution in [2.24, 2.45) is 0 Å². The Morgan fingerprint density at radius 1 is 1.47 bits per heavy atom. The summed E-state index contributed by atoms with van der Waals surface area (Å²) in [4.78, 5) is 4.08. The molecule has 0 unspecified atom stereocenters. The maximum Gasteiger partial charge on any atom is 0.258 e. The first kappa shape index (κ1) is 10.1. The van der Waals surface area contributed by atoms with E-state index in [1.807, 2.05) is 0 Å². The van der Waals surface area contributed by atoms with E-state index in [4.69, 9.17) is 21.2 Å². The van der Waals surface area contributed by atoms with E-state index in [0.717, 1.165) is 0 Å². The van der Waals surface area contributed by atoms with Crippen LogP contribution in [0.4, 0.5) is 0 Å². The molecule has 0 aliphatic carbocycles. The van der Waals surface area contributed by atoms with Gasteiger partial charge in [-0.15, -0.1) is 0 Å². The molecule has 0 spiro atoms. The van der Waals surface area contributed by atoms with Crippen molar-refractivity contribution in [1.82, 2.24) is 10.1 Å². The Balaban J connectivity index is 2.55. The third-order valence-corrected chi connectivity index (χ3v) is 2.24. The first-order chi connectivity index (χ1) is 7.20. The summed E-state index contributed by atoms with van der Waals surface area (Å²) in [5.41, 5.74) is 1.38. The average Bonchev–Trinajstić information content (AvgIpc) is 2.65. The number of benzene rings is 1. The van der Waals surface area contributed by atoms with Crippen LogP contribution in [0.1, 0.15) is 11.4 Å². The predicted octanol–water partition coefficient (Wildman–Crippen LogP) is 2.19. The summed E-state index contributed by atoms with van der Waals surface area (Å²) in [6.07, 6.45) is 0. The number of halogens is 1. The van der Waals surface area contributed by atoms with E-state index in [1.165, 1.54) is 0 Å². The number of aromatic nitrogens is 2.